The van der Waals surface area contributed by atoms with E-state index in [2.05, 4.69) is 60.5 Å². The number of pyridine rings is 1. The molecule has 0 saturated carbocycles. The van der Waals surface area contributed by atoms with Crippen molar-refractivity contribution in [3.05, 3.63) is 65.5 Å². The van der Waals surface area contributed by atoms with Gasteiger partial charge in [-0.25, -0.2) is 0 Å². The highest BCUT2D eigenvalue weighted by molar-refractivity contribution is 5.25. The first kappa shape index (κ1) is 13.8. The zero-order chi connectivity index (χ0) is 13.5. The molecule has 2 heteroatoms. The van der Waals surface area contributed by atoms with Crippen LogP contribution in [-0.4, -0.2) is 11.5 Å². The number of rotatable bonds is 6. The third-order valence-electron chi connectivity index (χ3n) is 3.31. The van der Waals surface area contributed by atoms with Gasteiger partial charge in [0.2, 0.25) is 0 Å². The van der Waals surface area contributed by atoms with Crippen molar-refractivity contribution in [3.8, 4) is 0 Å². The average Bonchev–Trinajstić information content (AvgIpc) is 2.44. The molecule has 1 N–H and O–H groups in total. The lowest BCUT2D eigenvalue weighted by Gasteiger charge is -2.18. The second-order valence-electron chi connectivity index (χ2n) is 4.88. The van der Waals surface area contributed by atoms with Crippen molar-refractivity contribution in [2.75, 3.05) is 6.54 Å². The molecule has 1 heterocycles. The molecule has 0 aliphatic heterocycles. The number of aryl methyl sites for hydroxylation is 2. The highest BCUT2D eigenvalue weighted by atomic mass is 14.9. The second-order valence-corrected chi connectivity index (χ2v) is 4.88. The van der Waals surface area contributed by atoms with Gasteiger partial charge in [0, 0.05) is 17.9 Å². The minimum Gasteiger partial charge on any atom is -0.310 e. The molecule has 0 fully saturated rings. The Kier molecular flexibility index (Phi) is 5.10. The highest BCUT2D eigenvalue weighted by Crippen LogP contribution is 2.19. The van der Waals surface area contributed by atoms with Gasteiger partial charge in [0.25, 0.3) is 0 Å². The van der Waals surface area contributed by atoms with Crippen LogP contribution in [0.1, 0.15) is 36.2 Å². The lowest BCUT2D eigenvalue weighted by molar-refractivity contribution is 0.512. The molecule has 1 aromatic heterocycles. The Morgan fingerprint density at radius 3 is 2.74 bits per heavy atom. The van der Waals surface area contributed by atoms with E-state index in [1.807, 2.05) is 12.3 Å². The van der Waals surface area contributed by atoms with Crippen LogP contribution in [0.4, 0.5) is 0 Å². The topological polar surface area (TPSA) is 24.9 Å². The van der Waals surface area contributed by atoms with Crippen molar-refractivity contribution >= 4 is 0 Å². The van der Waals surface area contributed by atoms with Crippen molar-refractivity contribution in [1.82, 2.24) is 10.3 Å². The SMILES string of the molecule is CCNC(CCc1ccccn1)c1cccc(C)c1. The minimum absolute atomic E-state index is 0.409. The molecule has 0 spiro atoms. The molecule has 0 radical (unpaired) electrons. The van der Waals surface area contributed by atoms with E-state index in [4.69, 9.17) is 0 Å². The molecule has 1 aromatic carbocycles. The van der Waals surface area contributed by atoms with Gasteiger partial charge in [0.05, 0.1) is 0 Å². The maximum absolute atomic E-state index is 4.39. The second kappa shape index (κ2) is 7.05. The lowest BCUT2D eigenvalue weighted by Crippen LogP contribution is -2.21. The highest BCUT2D eigenvalue weighted by Gasteiger charge is 2.10. The van der Waals surface area contributed by atoms with E-state index in [1.165, 1.54) is 11.1 Å². The van der Waals surface area contributed by atoms with Crippen LogP contribution >= 0.6 is 0 Å². The van der Waals surface area contributed by atoms with Crippen LogP contribution < -0.4 is 5.32 Å². The van der Waals surface area contributed by atoms with E-state index in [0.717, 1.165) is 25.1 Å². The molecule has 2 nitrogen and oxygen atoms in total. The Morgan fingerprint density at radius 2 is 2.05 bits per heavy atom. The predicted molar refractivity (Wildman–Crippen MR) is 80.2 cm³/mol. The fraction of sp³-hybridized carbons (Fsp3) is 0.353. The van der Waals surface area contributed by atoms with Gasteiger partial charge in [0.1, 0.15) is 0 Å². The molecule has 100 valence electrons. The fourth-order valence-electron chi connectivity index (χ4n) is 2.36. The van der Waals surface area contributed by atoms with Gasteiger partial charge in [-0.1, -0.05) is 42.8 Å². The standard InChI is InChI=1S/C17H22N2/c1-3-18-17(15-8-6-7-14(2)13-15)11-10-16-9-4-5-12-19-16/h4-9,12-13,17-18H,3,10-11H2,1-2H3. The lowest BCUT2D eigenvalue weighted by atomic mass is 9.99. The predicted octanol–water partition coefficient (Wildman–Crippen LogP) is 3.67. The number of hydrogen-bond acceptors (Lipinski definition) is 2. The van der Waals surface area contributed by atoms with E-state index in [-0.39, 0.29) is 0 Å². The molecular formula is C17H22N2. The van der Waals surface area contributed by atoms with Crippen molar-refractivity contribution < 1.29 is 0 Å². The van der Waals surface area contributed by atoms with Gasteiger partial charge in [-0.15, -0.1) is 0 Å². The summed E-state index contributed by atoms with van der Waals surface area (Å²) in [5, 5.41) is 3.57. The summed E-state index contributed by atoms with van der Waals surface area (Å²) < 4.78 is 0. The summed E-state index contributed by atoms with van der Waals surface area (Å²) in [7, 11) is 0. The smallest absolute Gasteiger partial charge is 0.0404 e. The first-order valence-electron chi connectivity index (χ1n) is 6.99. The molecule has 2 aromatic rings. The van der Waals surface area contributed by atoms with Crippen LogP contribution in [-0.2, 0) is 6.42 Å². The number of nitrogens with one attached hydrogen (secondary N) is 1. The van der Waals surface area contributed by atoms with Crippen LogP contribution in [0.5, 0.6) is 0 Å². The Morgan fingerprint density at radius 1 is 1.16 bits per heavy atom. The summed E-state index contributed by atoms with van der Waals surface area (Å²) in [6.07, 6.45) is 3.95. The molecule has 2 rings (SSSR count). The van der Waals surface area contributed by atoms with Crippen molar-refractivity contribution in [2.45, 2.75) is 32.7 Å². The molecule has 1 unspecified atom stereocenters. The number of hydrogen-bond donors (Lipinski definition) is 1. The average molecular weight is 254 g/mol. The Labute approximate surface area is 115 Å². The summed E-state index contributed by atoms with van der Waals surface area (Å²) in [4.78, 5) is 4.39. The van der Waals surface area contributed by atoms with Gasteiger partial charge < -0.3 is 5.32 Å². The van der Waals surface area contributed by atoms with Crippen molar-refractivity contribution in [1.29, 1.82) is 0 Å². The van der Waals surface area contributed by atoms with Crippen molar-refractivity contribution in [3.63, 3.8) is 0 Å². The molecule has 19 heavy (non-hydrogen) atoms. The van der Waals surface area contributed by atoms with E-state index < -0.39 is 0 Å². The first-order valence-corrected chi connectivity index (χ1v) is 6.99. The summed E-state index contributed by atoms with van der Waals surface area (Å²) >= 11 is 0. The quantitative estimate of drug-likeness (QED) is 0.850. The van der Waals surface area contributed by atoms with Gasteiger partial charge in [-0.2, -0.15) is 0 Å². The summed E-state index contributed by atoms with van der Waals surface area (Å²) in [6.45, 7) is 5.29. The summed E-state index contributed by atoms with van der Waals surface area (Å²) in [5.74, 6) is 0. The van der Waals surface area contributed by atoms with Gasteiger partial charge in [-0.05, 0) is 44.0 Å². The van der Waals surface area contributed by atoms with Crippen molar-refractivity contribution in [2.24, 2.45) is 0 Å². The third kappa shape index (κ3) is 4.18. The molecular weight excluding hydrogens is 232 g/mol. The fourth-order valence-corrected chi connectivity index (χ4v) is 2.36. The zero-order valence-electron chi connectivity index (χ0n) is 11.8. The minimum atomic E-state index is 0.409. The van der Waals surface area contributed by atoms with E-state index >= 15 is 0 Å². The number of aromatic nitrogens is 1. The van der Waals surface area contributed by atoms with Gasteiger partial charge in [-0.3, -0.25) is 4.98 Å². The molecule has 0 amide bonds. The summed E-state index contributed by atoms with van der Waals surface area (Å²) in [5.41, 5.74) is 3.86. The van der Waals surface area contributed by atoms with E-state index in [0.29, 0.717) is 6.04 Å². The normalized spacial score (nSPS) is 12.3. The number of nitrogens with zero attached hydrogens (tertiary/aromatic N) is 1. The van der Waals surface area contributed by atoms with Crippen LogP contribution in [0, 0.1) is 6.92 Å². The molecule has 0 aliphatic carbocycles. The van der Waals surface area contributed by atoms with Crippen LogP contribution in [0.25, 0.3) is 0 Å². The Balaban J connectivity index is 2.04. The summed E-state index contributed by atoms with van der Waals surface area (Å²) in [6, 6.07) is 15.3. The molecule has 1 atom stereocenters. The van der Waals surface area contributed by atoms with Crippen LogP contribution in [0.15, 0.2) is 48.7 Å². The van der Waals surface area contributed by atoms with Crippen LogP contribution in [0.3, 0.4) is 0 Å². The monoisotopic (exact) mass is 254 g/mol. The van der Waals surface area contributed by atoms with Gasteiger partial charge >= 0.3 is 0 Å². The largest absolute Gasteiger partial charge is 0.310 e. The zero-order valence-corrected chi connectivity index (χ0v) is 11.8. The van der Waals surface area contributed by atoms with E-state index in [1.54, 1.807) is 0 Å². The molecule has 0 saturated heterocycles. The number of benzene rings is 1. The molecule has 0 aliphatic rings. The van der Waals surface area contributed by atoms with E-state index in [9.17, 15) is 0 Å². The maximum atomic E-state index is 4.39. The Bertz CT molecular complexity index is 494. The van der Waals surface area contributed by atoms with Crippen LogP contribution in [0.2, 0.25) is 0 Å². The maximum Gasteiger partial charge on any atom is 0.0404 e. The third-order valence-corrected chi connectivity index (χ3v) is 3.31. The van der Waals surface area contributed by atoms with Gasteiger partial charge in [0.15, 0.2) is 0 Å². The Hall–Kier alpha value is -1.67. The first-order chi connectivity index (χ1) is 9.29. The molecule has 0 bridgehead atoms.